The van der Waals surface area contributed by atoms with Gasteiger partial charge in [-0.1, -0.05) is 23.2 Å². The highest BCUT2D eigenvalue weighted by molar-refractivity contribution is 7.89. The van der Waals surface area contributed by atoms with Gasteiger partial charge in [0.05, 0.1) is 6.61 Å². The van der Waals surface area contributed by atoms with Gasteiger partial charge in [-0.3, -0.25) is 8.98 Å². The molecule has 1 aromatic rings. The van der Waals surface area contributed by atoms with Crippen LogP contribution in [0.25, 0.3) is 0 Å². The zero-order valence-electron chi connectivity index (χ0n) is 13.2. The number of hydrogen-bond donors (Lipinski definition) is 4. The van der Waals surface area contributed by atoms with Crippen molar-refractivity contribution in [2.24, 2.45) is 0 Å². The number of amides is 1. The van der Waals surface area contributed by atoms with Crippen molar-refractivity contribution in [1.29, 1.82) is 0 Å². The minimum absolute atomic E-state index is 0.239. The van der Waals surface area contributed by atoms with Gasteiger partial charge in [-0.2, -0.15) is 0 Å². The van der Waals surface area contributed by atoms with E-state index in [1.807, 2.05) is 0 Å². The number of aliphatic hydroxyl groups excluding tert-OH is 2. The molecule has 1 amide bonds. The van der Waals surface area contributed by atoms with E-state index in [2.05, 4.69) is 14.7 Å². The summed E-state index contributed by atoms with van der Waals surface area (Å²) in [5.74, 6) is 0.0418. The Kier molecular flexibility index (Phi) is 7.87. The largest absolute Gasteiger partial charge is 0.463 e. The fraction of sp³-hybridized carbons (Fsp3) is 0.500. The number of rotatable bonds is 8. The number of aliphatic hydroxyl groups is 2. The molecule has 1 aliphatic heterocycles. The molecule has 0 radical (unpaired) electrons. The molecule has 0 spiro atoms. The number of nitrogens with one attached hydrogen (secondary N) is 1. The second-order valence-corrected chi connectivity index (χ2v) is 5.61. The lowest BCUT2D eigenvalue weighted by molar-refractivity contribution is -0.434. The van der Waals surface area contributed by atoms with Crippen LogP contribution in [-0.4, -0.2) is 58.6 Å². The zero-order chi connectivity index (χ0) is 18.2. The average Bonchev–Trinajstić information content (AvgIpc) is 2.60. The van der Waals surface area contributed by atoms with Crippen molar-refractivity contribution in [3.05, 3.63) is 30.3 Å². The van der Waals surface area contributed by atoms with Crippen molar-refractivity contribution < 1.29 is 43.3 Å². The van der Waals surface area contributed by atoms with Crippen molar-refractivity contribution in [2.45, 2.75) is 37.6 Å². The molecule has 2 rings (SSSR count). The number of ether oxygens (including phenoxy) is 2. The van der Waals surface area contributed by atoms with E-state index in [1.165, 1.54) is 6.92 Å². The van der Waals surface area contributed by atoms with Crippen molar-refractivity contribution in [1.82, 2.24) is 5.32 Å². The van der Waals surface area contributed by atoms with E-state index in [0.29, 0.717) is 5.75 Å². The first kappa shape index (κ1) is 19.9. The van der Waals surface area contributed by atoms with E-state index < -0.39 is 43.2 Å². The number of carbonyl (C=O) groups excluding carboxylic acids is 1. The van der Waals surface area contributed by atoms with E-state index >= 15 is 0 Å². The third-order valence-electron chi connectivity index (χ3n) is 3.43. The first-order valence-corrected chi connectivity index (χ1v) is 7.97. The second-order valence-electron chi connectivity index (χ2n) is 5.14. The summed E-state index contributed by atoms with van der Waals surface area (Å²) in [5.41, 5.74) is 0. The SMILES string of the molecule is CC(=O)NC1[C@H](Oc2ccccc2)OC(CO)[C@H](O)[C@@H]1OSOOO. The first-order chi connectivity index (χ1) is 12.1. The number of para-hydroxylation sites is 1. The smallest absolute Gasteiger partial charge is 0.223 e. The van der Waals surface area contributed by atoms with Crippen LogP contribution in [-0.2, 0) is 23.1 Å². The Morgan fingerprint density at radius 1 is 1.36 bits per heavy atom. The molecular formula is C14H19NO9S. The van der Waals surface area contributed by atoms with Gasteiger partial charge in [0.25, 0.3) is 0 Å². The Morgan fingerprint density at radius 2 is 2.08 bits per heavy atom. The molecule has 5 atom stereocenters. The minimum atomic E-state index is -1.31. The number of benzene rings is 1. The molecule has 11 heteroatoms. The van der Waals surface area contributed by atoms with Gasteiger partial charge in [0.2, 0.25) is 12.2 Å². The summed E-state index contributed by atoms with van der Waals surface area (Å²) in [5, 5.41) is 33.9. The van der Waals surface area contributed by atoms with Crippen LogP contribution in [0, 0.1) is 0 Å². The van der Waals surface area contributed by atoms with Gasteiger partial charge in [-0.25, -0.2) is 5.26 Å². The van der Waals surface area contributed by atoms with E-state index in [0.717, 1.165) is 0 Å². The lowest BCUT2D eigenvalue weighted by Gasteiger charge is -2.43. The van der Waals surface area contributed by atoms with Gasteiger partial charge in [-0.05, 0) is 12.1 Å². The molecule has 1 fully saturated rings. The topological polar surface area (TPSA) is 136 Å². The molecule has 0 bridgehead atoms. The van der Waals surface area contributed by atoms with Crippen LogP contribution in [0.5, 0.6) is 5.75 Å². The second kappa shape index (κ2) is 9.89. The van der Waals surface area contributed by atoms with Crippen LogP contribution in [0.3, 0.4) is 0 Å². The van der Waals surface area contributed by atoms with E-state index in [9.17, 15) is 15.0 Å². The molecule has 10 nitrogen and oxygen atoms in total. The van der Waals surface area contributed by atoms with Crippen LogP contribution in [0.15, 0.2) is 30.3 Å². The maximum atomic E-state index is 11.5. The quantitative estimate of drug-likeness (QED) is 0.212. The third kappa shape index (κ3) is 5.52. The highest BCUT2D eigenvalue weighted by Gasteiger charge is 2.48. The predicted molar refractivity (Wildman–Crippen MR) is 83.7 cm³/mol. The molecule has 1 aromatic carbocycles. The monoisotopic (exact) mass is 377 g/mol. The summed E-state index contributed by atoms with van der Waals surface area (Å²) in [6, 6.07) is 7.72. The average molecular weight is 377 g/mol. The lowest BCUT2D eigenvalue weighted by Crippen LogP contribution is -2.65. The van der Waals surface area contributed by atoms with Gasteiger partial charge >= 0.3 is 0 Å². The van der Waals surface area contributed by atoms with Crippen LogP contribution in [0.1, 0.15) is 6.92 Å². The summed E-state index contributed by atoms with van der Waals surface area (Å²) < 4.78 is 20.6. The van der Waals surface area contributed by atoms with Crippen molar-refractivity contribution >= 4 is 18.2 Å². The lowest BCUT2D eigenvalue weighted by atomic mass is 9.97. The fourth-order valence-corrected chi connectivity index (χ4v) is 2.76. The Balaban J connectivity index is 2.21. The summed E-state index contributed by atoms with van der Waals surface area (Å²) >= 11 is 0.239. The Labute approximate surface area is 147 Å². The Hall–Kier alpha value is -1.44. The molecule has 4 N–H and O–H groups in total. The van der Waals surface area contributed by atoms with Gasteiger partial charge in [0, 0.05) is 6.92 Å². The summed E-state index contributed by atoms with van der Waals surface area (Å²) in [7, 11) is 0. The molecule has 140 valence electrons. The Bertz CT molecular complexity index is 534. The van der Waals surface area contributed by atoms with Crippen LogP contribution in [0.2, 0.25) is 0 Å². The molecule has 2 unspecified atom stereocenters. The molecule has 0 aromatic heterocycles. The Morgan fingerprint density at radius 3 is 2.68 bits per heavy atom. The normalized spacial score (nSPS) is 29.2. The molecule has 1 aliphatic rings. The van der Waals surface area contributed by atoms with Crippen molar-refractivity contribution in [3.63, 3.8) is 0 Å². The standard InChI is InChI=1S/C14H19NO9S/c1-8(17)15-11-13(22-25-24-23-19)12(18)10(7-16)21-14(11)20-9-5-3-2-4-6-9/h2-6,10-14,16,18-19H,7H2,1H3,(H,15,17)/t10?,11?,12-,13+,14+/m0/s1. The van der Waals surface area contributed by atoms with Crippen LogP contribution < -0.4 is 10.1 Å². The van der Waals surface area contributed by atoms with Gasteiger partial charge in [0.15, 0.2) is 12.3 Å². The van der Waals surface area contributed by atoms with Crippen LogP contribution in [0.4, 0.5) is 0 Å². The maximum absolute atomic E-state index is 11.5. The van der Waals surface area contributed by atoms with E-state index in [4.69, 9.17) is 18.9 Å². The zero-order valence-corrected chi connectivity index (χ0v) is 14.0. The molecule has 0 aliphatic carbocycles. The number of hydrogen-bond acceptors (Lipinski definition) is 10. The first-order valence-electron chi connectivity index (χ1n) is 7.30. The summed E-state index contributed by atoms with van der Waals surface area (Å²) in [6.45, 7) is 0.770. The molecule has 1 heterocycles. The van der Waals surface area contributed by atoms with Crippen molar-refractivity contribution in [3.8, 4) is 5.75 Å². The molecule has 0 saturated carbocycles. The molecular weight excluding hydrogens is 358 g/mol. The third-order valence-corrected chi connectivity index (χ3v) is 3.84. The van der Waals surface area contributed by atoms with E-state index in [1.54, 1.807) is 30.3 Å². The fourth-order valence-electron chi connectivity index (χ4n) is 2.38. The summed E-state index contributed by atoms with van der Waals surface area (Å²) in [4.78, 5) is 11.5. The van der Waals surface area contributed by atoms with Crippen LogP contribution >= 0.6 is 12.3 Å². The molecule has 1 saturated heterocycles. The highest BCUT2D eigenvalue weighted by Crippen LogP contribution is 2.28. The molecule has 25 heavy (non-hydrogen) atoms. The van der Waals surface area contributed by atoms with Gasteiger partial charge in [-0.15, -0.1) is 4.33 Å². The minimum Gasteiger partial charge on any atom is -0.463 e. The van der Waals surface area contributed by atoms with E-state index in [-0.39, 0.29) is 12.3 Å². The summed E-state index contributed by atoms with van der Waals surface area (Å²) in [6.07, 6.45) is -4.50. The maximum Gasteiger partial charge on any atom is 0.223 e. The van der Waals surface area contributed by atoms with Gasteiger partial charge < -0.3 is 25.0 Å². The highest BCUT2D eigenvalue weighted by atomic mass is 32.2. The predicted octanol–water partition coefficient (Wildman–Crippen LogP) is 0.0178. The van der Waals surface area contributed by atoms with Crippen molar-refractivity contribution in [2.75, 3.05) is 6.61 Å². The number of carbonyl (C=O) groups is 1. The van der Waals surface area contributed by atoms with Gasteiger partial charge in [0.1, 0.15) is 30.1 Å².